The number of nitrogens with zero attached hydrogens (tertiary/aromatic N) is 1. The fourth-order valence-electron chi connectivity index (χ4n) is 1.58. The van der Waals surface area contributed by atoms with Gasteiger partial charge in [-0.25, -0.2) is 0 Å². The molecule has 0 heterocycles. The van der Waals surface area contributed by atoms with Crippen LogP contribution in [0.2, 0.25) is 0 Å². The molecule has 0 fully saturated rings. The SMILES string of the molecule is CCNC(=O)c1ccc([N+](=O)[O-])c(NCCC(F)(F)F)c1. The topological polar surface area (TPSA) is 84.3 Å². The van der Waals surface area contributed by atoms with Gasteiger partial charge in [0.1, 0.15) is 5.69 Å². The molecule has 0 saturated carbocycles. The summed E-state index contributed by atoms with van der Waals surface area (Å²) in [6.45, 7) is 1.56. The first-order valence-corrected chi connectivity index (χ1v) is 6.12. The minimum absolute atomic E-state index is 0.118. The molecule has 1 amide bonds. The Bertz CT molecular complexity index is 532. The minimum atomic E-state index is -4.36. The van der Waals surface area contributed by atoms with E-state index in [1.165, 1.54) is 12.1 Å². The van der Waals surface area contributed by atoms with Crippen molar-refractivity contribution in [3.63, 3.8) is 0 Å². The molecule has 1 aromatic carbocycles. The number of nitro benzene ring substituents is 1. The maximum atomic E-state index is 12.1. The fraction of sp³-hybridized carbons (Fsp3) is 0.417. The first kappa shape index (κ1) is 16.7. The highest BCUT2D eigenvalue weighted by Crippen LogP contribution is 2.26. The number of nitrogens with one attached hydrogen (secondary N) is 2. The molecule has 0 radical (unpaired) electrons. The van der Waals surface area contributed by atoms with E-state index in [9.17, 15) is 28.1 Å². The molecule has 0 atom stereocenters. The molecule has 0 spiro atoms. The lowest BCUT2D eigenvalue weighted by molar-refractivity contribution is -0.384. The number of hydrogen-bond acceptors (Lipinski definition) is 4. The lowest BCUT2D eigenvalue weighted by Gasteiger charge is -2.10. The van der Waals surface area contributed by atoms with Crippen LogP contribution in [0.15, 0.2) is 18.2 Å². The fourth-order valence-corrected chi connectivity index (χ4v) is 1.58. The van der Waals surface area contributed by atoms with Crippen LogP contribution in [0.1, 0.15) is 23.7 Å². The highest BCUT2D eigenvalue weighted by Gasteiger charge is 2.27. The van der Waals surface area contributed by atoms with Gasteiger partial charge in [0.15, 0.2) is 0 Å². The quantitative estimate of drug-likeness (QED) is 0.625. The third-order valence-electron chi connectivity index (χ3n) is 2.52. The third kappa shape index (κ3) is 5.28. The Balaban J connectivity index is 2.94. The molecule has 116 valence electrons. The number of carbonyl (C=O) groups excluding carboxylic acids is 1. The highest BCUT2D eigenvalue weighted by atomic mass is 19.4. The van der Waals surface area contributed by atoms with Gasteiger partial charge in [-0.15, -0.1) is 0 Å². The first-order chi connectivity index (χ1) is 9.74. The molecule has 0 saturated heterocycles. The van der Waals surface area contributed by atoms with Crippen molar-refractivity contribution in [3.8, 4) is 0 Å². The number of nitro groups is 1. The average molecular weight is 305 g/mol. The summed E-state index contributed by atoms with van der Waals surface area (Å²) in [5.41, 5.74) is -0.366. The highest BCUT2D eigenvalue weighted by molar-refractivity contribution is 5.95. The molecule has 0 bridgehead atoms. The molecule has 0 unspecified atom stereocenters. The summed E-state index contributed by atoms with van der Waals surface area (Å²) in [6, 6.07) is 3.50. The van der Waals surface area contributed by atoms with Gasteiger partial charge in [-0.3, -0.25) is 14.9 Å². The Labute approximate surface area is 118 Å². The van der Waals surface area contributed by atoms with E-state index in [-0.39, 0.29) is 16.9 Å². The second-order valence-electron chi connectivity index (χ2n) is 4.14. The number of halogens is 3. The zero-order valence-corrected chi connectivity index (χ0v) is 11.2. The Morgan fingerprint density at radius 1 is 1.38 bits per heavy atom. The largest absolute Gasteiger partial charge is 0.390 e. The smallest absolute Gasteiger partial charge is 0.379 e. The molecule has 2 N–H and O–H groups in total. The predicted octanol–water partition coefficient (Wildman–Crippen LogP) is 2.71. The second kappa shape index (κ2) is 6.91. The van der Waals surface area contributed by atoms with Crippen molar-refractivity contribution < 1.29 is 22.9 Å². The van der Waals surface area contributed by atoms with Crippen molar-refractivity contribution >= 4 is 17.3 Å². The average Bonchev–Trinajstić information content (AvgIpc) is 2.37. The van der Waals surface area contributed by atoms with Gasteiger partial charge >= 0.3 is 6.18 Å². The summed E-state index contributed by atoms with van der Waals surface area (Å²) < 4.78 is 36.3. The molecule has 1 rings (SSSR count). The van der Waals surface area contributed by atoms with Crippen LogP contribution in [0, 0.1) is 10.1 Å². The first-order valence-electron chi connectivity index (χ1n) is 6.12. The van der Waals surface area contributed by atoms with Crippen molar-refractivity contribution in [2.45, 2.75) is 19.5 Å². The summed E-state index contributed by atoms with van der Waals surface area (Å²) in [4.78, 5) is 21.7. The molecule has 6 nitrogen and oxygen atoms in total. The maximum Gasteiger partial charge on any atom is 0.390 e. The third-order valence-corrected chi connectivity index (χ3v) is 2.52. The Hall–Kier alpha value is -2.32. The van der Waals surface area contributed by atoms with E-state index in [2.05, 4.69) is 10.6 Å². The van der Waals surface area contributed by atoms with E-state index < -0.39 is 30.0 Å². The lowest BCUT2D eigenvalue weighted by atomic mass is 10.1. The van der Waals surface area contributed by atoms with Crippen LogP contribution < -0.4 is 10.6 Å². The normalized spacial score (nSPS) is 11.0. The molecular weight excluding hydrogens is 291 g/mol. The monoisotopic (exact) mass is 305 g/mol. The van der Waals surface area contributed by atoms with E-state index in [0.29, 0.717) is 6.54 Å². The van der Waals surface area contributed by atoms with Crippen LogP contribution in [0.4, 0.5) is 24.5 Å². The van der Waals surface area contributed by atoms with E-state index in [1.54, 1.807) is 6.92 Å². The van der Waals surface area contributed by atoms with E-state index in [0.717, 1.165) is 6.07 Å². The number of carbonyl (C=O) groups is 1. The van der Waals surface area contributed by atoms with Gasteiger partial charge in [-0.2, -0.15) is 13.2 Å². The molecule has 9 heteroatoms. The van der Waals surface area contributed by atoms with Gasteiger partial charge in [0.2, 0.25) is 0 Å². The van der Waals surface area contributed by atoms with Gasteiger partial charge in [-0.05, 0) is 19.1 Å². The molecule has 0 aliphatic heterocycles. The Kier molecular flexibility index (Phi) is 5.51. The number of alkyl halides is 3. The lowest BCUT2D eigenvalue weighted by Crippen LogP contribution is -2.23. The Morgan fingerprint density at radius 2 is 2.05 bits per heavy atom. The number of rotatable bonds is 6. The van der Waals surface area contributed by atoms with Crippen molar-refractivity contribution in [3.05, 3.63) is 33.9 Å². The van der Waals surface area contributed by atoms with E-state index in [1.807, 2.05) is 0 Å². The van der Waals surface area contributed by atoms with Gasteiger partial charge in [0.25, 0.3) is 11.6 Å². The van der Waals surface area contributed by atoms with Crippen molar-refractivity contribution in [1.29, 1.82) is 0 Å². The summed E-state index contributed by atoms with van der Waals surface area (Å²) in [5, 5.41) is 15.7. The zero-order valence-electron chi connectivity index (χ0n) is 11.2. The van der Waals surface area contributed by atoms with Crippen molar-refractivity contribution in [2.75, 3.05) is 18.4 Å². The summed E-state index contributed by atoms with van der Waals surface area (Å²) in [6.07, 6.45) is -5.49. The van der Waals surface area contributed by atoms with E-state index >= 15 is 0 Å². The number of anilines is 1. The molecule has 0 aromatic heterocycles. The Morgan fingerprint density at radius 3 is 2.57 bits per heavy atom. The van der Waals surface area contributed by atoms with Gasteiger partial charge < -0.3 is 10.6 Å². The second-order valence-corrected chi connectivity index (χ2v) is 4.14. The van der Waals surface area contributed by atoms with Gasteiger partial charge in [-0.1, -0.05) is 0 Å². The van der Waals surface area contributed by atoms with Crippen LogP contribution in [-0.2, 0) is 0 Å². The number of amides is 1. The number of benzene rings is 1. The maximum absolute atomic E-state index is 12.1. The van der Waals surface area contributed by atoms with Gasteiger partial charge in [0.05, 0.1) is 11.3 Å². The van der Waals surface area contributed by atoms with Gasteiger partial charge in [0, 0.05) is 24.7 Å². The van der Waals surface area contributed by atoms with Crippen molar-refractivity contribution in [2.24, 2.45) is 0 Å². The standard InChI is InChI=1S/C12H14F3N3O3/c1-2-16-11(19)8-3-4-10(18(20)21)9(7-8)17-6-5-12(13,14)15/h3-4,7,17H,2,5-6H2,1H3,(H,16,19). The van der Waals surface area contributed by atoms with Crippen molar-refractivity contribution in [1.82, 2.24) is 5.32 Å². The van der Waals surface area contributed by atoms with Crippen LogP contribution in [-0.4, -0.2) is 30.1 Å². The summed E-state index contributed by atoms with van der Waals surface area (Å²) in [5.74, 6) is -0.453. The molecule has 21 heavy (non-hydrogen) atoms. The minimum Gasteiger partial charge on any atom is -0.379 e. The molecule has 0 aliphatic rings. The zero-order chi connectivity index (χ0) is 16.0. The summed E-state index contributed by atoms with van der Waals surface area (Å²) in [7, 11) is 0. The molecule has 1 aromatic rings. The molecule has 0 aliphatic carbocycles. The summed E-state index contributed by atoms with van der Waals surface area (Å²) >= 11 is 0. The van der Waals surface area contributed by atoms with Crippen LogP contribution in [0.25, 0.3) is 0 Å². The van der Waals surface area contributed by atoms with Crippen LogP contribution in [0.5, 0.6) is 0 Å². The predicted molar refractivity (Wildman–Crippen MR) is 70.3 cm³/mol. The molecular formula is C12H14F3N3O3. The number of hydrogen-bond donors (Lipinski definition) is 2. The van der Waals surface area contributed by atoms with Crippen LogP contribution in [0.3, 0.4) is 0 Å². The van der Waals surface area contributed by atoms with Crippen LogP contribution >= 0.6 is 0 Å². The van der Waals surface area contributed by atoms with E-state index in [4.69, 9.17) is 0 Å².